The van der Waals surface area contributed by atoms with Gasteiger partial charge in [-0.1, -0.05) is 12.1 Å². The summed E-state index contributed by atoms with van der Waals surface area (Å²) in [6.07, 6.45) is -0.714. The molecule has 0 fully saturated rings. The topological polar surface area (TPSA) is 104 Å². The van der Waals surface area contributed by atoms with Gasteiger partial charge in [0.25, 0.3) is 5.91 Å². The van der Waals surface area contributed by atoms with Gasteiger partial charge in [-0.15, -0.1) is 0 Å². The van der Waals surface area contributed by atoms with Crippen LogP contribution in [0.15, 0.2) is 42.5 Å². The van der Waals surface area contributed by atoms with Crippen molar-refractivity contribution in [2.24, 2.45) is 0 Å². The summed E-state index contributed by atoms with van der Waals surface area (Å²) in [6.45, 7) is 8.25. The van der Waals surface area contributed by atoms with E-state index in [4.69, 9.17) is 9.47 Å². The molecule has 0 saturated carbocycles. The lowest BCUT2D eigenvalue weighted by molar-refractivity contribution is -0.118. The van der Waals surface area contributed by atoms with Crippen LogP contribution in [0.2, 0.25) is 0 Å². The summed E-state index contributed by atoms with van der Waals surface area (Å²) in [5, 5.41) is 25.3. The number of anilines is 1. The Morgan fingerprint density at radius 2 is 1.97 bits per heavy atom. The molecular formula is C23H29N3O4. The molecule has 0 aromatic heterocycles. The van der Waals surface area contributed by atoms with Crippen molar-refractivity contribution in [1.29, 1.82) is 5.26 Å². The molecule has 2 aromatic carbocycles. The average Bonchev–Trinajstić information content (AvgIpc) is 2.69. The minimum Gasteiger partial charge on any atom is -0.489 e. The number of nitrogens with zero attached hydrogens (tertiary/aromatic N) is 1. The van der Waals surface area contributed by atoms with Gasteiger partial charge in [0.1, 0.15) is 30.3 Å². The number of nitrogens with one attached hydrogen (secondary N) is 2. The van der Waals surface area contributed by atoms with Gasteiger partial charge in [0.15, 0.2) is 6.61 Å². The molecule has 7 nitrogen and oxygen atoms in total. The molecule has 1 atom stereocenters. The van der Waals surface area contributed by atoms with E-state index < -0.39 is 6.10 Å². The Morgan fingerprint density at radius 3 is 2.63 bits per heavy atom. The molecule has 1 unspecified atom stereocenters. The molecule has 0 bridgehead atoms. The maximum Gasteiger partial charge on any atom is 0.262 e. The zero-order valence-electron chi connectivity index (χ0n) is 17.9. The van der Waals surface area contributed by atoms with E-state index in [9.17, 15) is 15.2 Å². The molecular weight excluding hydrogens is 382 g/mol. The van der Waals surface area contributed by atoms with Crippen LogP contribution < -0.4 is 20.1 Å². The highest BCUT2D eigenvalue weighted by atomic mass is 16.5. The second kappa shape index (κ2) is 10.6. The summed E-state index contributed by atoms with van der Waals surface area (Å²) in [5.74, 6) is 0.630. The van der Waals surface area contributed by atoms with Crippen LogP contribution in [0.1, 0.15) is 31.9 Å². The number of aliphatic hydroxyl groups is 1. The van der Waals surface area contributed by atoms with Gasteiger partial charge in [0, 0.05) is 17.8 Å². The van der Waals surface area contributed by atoms with E-state index in [2.05, 4.69) is 10.6 Å². The van der Waals surface area contributed by atoms with E-state index in [0.29, 0.717) is 23.7 Å². The second-order valence-electron chi connectivity index (χ2n) is 8.07. The molecule has 160 valence electrons. The van der Waals surface area contributed by atoms with Crippen molar-refractivity contribution in [3.63, 3.8) is 0 Å². The number of nitriles is 1. The van der Waals surface area contributed by atoms with Gasteiger partial charge in [-0.25, -0.2) is 0 Å². The van der Waals surface area contributed by atoms with Crippen LogP contribution in [0.25, 0.3) is 0 Å². The third-order valence-electron chi connectivity index (χ3n) is 4.04. The molecule has 7 heteroatoms. The molecule has 0 aliphatic heterocycles. The van der Waals surface area contributed by atoms with Crippen molar-refractivity contribution in [2.75, 3.05) is 25.1 Å². The van der Waals surface area contributed by atoms with Gasteiger partial charge >= 0.3 is 0 Å². The fourth-order valence-corrected chi connectivity index (χ4v) is 2.54. The Bertz CT molecular complexity index is 900. The standard InChI is InChI=1S/C23H29N3O4/c1-16-6-5-7-20(10-16)29-15-22(28)26-18-8-9-21(17(11-18)12-24)30-14-19(27)13-25-23(2,3)4/h5-11,19,25,27H,13-15H2,1-4H3,(H,26,28). The minimum atomic E-state index is -0.714. The number of amides is 1. The van der Waals surface area contributed by atoms with E-state index in [1.54, 1.807) is 18.2 Å². The van der Waals surface area contributed by atoms with Gasteiger partial charge in [-0.3, -0.25) is 4.79 Å². The minimum absolute atomic E-state index is 0.0494. The Kier molecular flexibility index (Phi) is 8.22. The number of hydrogen-bond acceptors (Lipinski definition) is 6. The Balaban J connectivity index is 1.88. The number of carbonyl (C=O) groups excluding carboxylic acids is 1. The van der Waals surface area contributed by atoms with Crippen molar-refractivity contribution in [3.05, 3.63) is 53.6 Å². The smallest absolute Gasteiger partial charge is 0.262 e. The van der Waals surface area contributed by atoms with Crippen LogP contribution in [0.5, 0.6) is 11.5 Å². The monoisotopic (exact) mass is 411 g/mol. The van der Waals surface area contributed by atoms with Gasteiger partial charge in [0.2, 0.25) is 0 Å². The molecule has 0 radical (unpaired) electrons. The van der Waals surface area contributed by atoms with Crippen LogP contribution in [-0.4, -0.2) is 42.4 Å². The number of aliphatic hydroxyl groups excluding tert-OH is 1. The first-order chi connectivity index (χ1) is 14.2. The summed E-state index contributed by atoms with van der Waals surface area (Å²) in [7, 11) is 0. The lowest BCUT2D eigenvalue weighted by Gasteiger charge is -2.23. The summed E-state index contributed by atoms with van der Waals surface area (Å²) in [4.78, 5) is 12.1. The van der Waals surface area contributed by atoms with Crippen LogP contribution in [-0.2, 0) is 4.79 Å². The number of hydrogen-bond donors (Lipinski definition) is 3. The second-order valence-corrected chi connectivity index (χ2v) is 8.07. The number of carbonyl (C=O) groups is 1. The third kappa shape index (κ3) is 8.11. The van der Waals surface area contributed by atoms with E-state index in [-0.39, 0.29) is 30.2 Å². The summed E-state index contributed by atoms with van der Waals surface area (Å²) >= 11 is 0. The highest BCUT2D eigenvalue weighted by molar-refractivity contribution is 5.92. The van der Waals surface area contributed by atoms with Gasteiger partial charge in [0.05, 0.1) is 5.56 Å². The third-order valence-corrected chi connectivity index (χ3v) is 4.04. The maximum absolute atomic E-state index is 12.1. The van der Waals surface area contributed by atoms with Crippen molar-refractivity contribution < 1.29 is 19.4 Å². The first-order valence-corrected chi connectivity index (χ1v) is 9.75. The first kappa shape index (κ1) is 23.2. The molecule has 0 saturated heterocycles. The molecule has 0 spiro atoms. The molecule has 2 aromatic rings. The van der Waals surface area contributed by atoms with E-state index in [0.717, 1.165) is 5.56 Å². The van der Waals surface area contributed by atoms with Crippen molar-refractivity contribution in [3.8, 4) is 17.6 Å². The van der Waals surface area contributed by atoms with E-state index >= 15 is 0 Å². The fourth-order valence-electron chi connectivity index (χ4n) is 2.54. The fraction of sp³-hybridized carbons (Fsp3) is 0.391. The summed E-state index contributed by atoms with van der Waals surface area (Å²) < 4.78 is 11.1. The van der Waals surface area contributed by atoms with Crippen LogP contribution >= 0.6 is 0 Å². The quantitative estimate of drug-likeness (QED) is 0.586. The number of benzene rings is 2. The molecule has 3 N–H and O–H groups in total. The zero-order valence-corrected chi connectivity index (χ0v) is 17.9. The summed E-state index contributed by atoms with van der Waals surface area (Å²) in [5.41, 5.74) is 1.67. The largest absolute Gasteiger partial charge is 0.489 e. The van der Waals surface area contributed by atoms with E-state index in [1.165, 1.54) is 6.07 Å². The van der Waals surface area contributed by atoms with E-state index in [1.807, 2.05) is 52.0 Å². The van der Waals surface area contributed by atoms with Crippen molar-refractivity contribution >= 4 is 11.6 Å². The van der Waals surface area contributed by atoms with Gasteiger partial charge in [-0.2, -0.15) is 5.26 Å². The highest BCUT2D eigenvalue weighted by Gasteiger charge is 2.14. The number of ether oxygens (including phenoxy) is 2. The number of rotatable bonds is 9. The SMILES string of the molecule is Cc1cccc(OCC(=O)Nc2ccc(OCC(O)CNC(C)(C)C)c(C#N)c2)c1. The lowest BCUT2D eigenvalue weighted by Crippen LogP contribution is -2.42. The number of aryl methyl sites for hydroxylation is 1. The zero-order chi connectivity index (χ0) is 22.1. The van der Waals surface area contributed by atoms with Gasteiger partial charge in [-0.05, 0) is 63.6 Å². The normalized spacial score (nSPS) is 12.0. The van der Waals surface area contributed by atoms with Crippen molar-refractivity contribution in [1.82, 2.24) is 5.32 Å². The summed E-state index contributed by atoms with van der Waals surface area (Å²) in [6, 6.07) is 14.2. The van der Waals surface area contributed by atoms with Crippen LogP contribution in [0, 0.1) is 18.3 Å². The number of β-amino-alcohol motifs (C(OH)–C–C–N with tert-alkyl or cyclic N) is 1. The molecule has 0 aliphatic rings. The average molecular weight is 412 g/mol. The Morgan fingerprint density at radius 1 is 1.20 bits per heavy atom. The van der Waals surface area contributed by atoms with Crippen LogP contribution in [0.3, 0.4) is 0 Å². The van der Waals surface area contributed by atoms with Crippen molar-refractivity contribution in [2.45, 2.75) is 39.3 Å². The first-order valence-electron chi connectivity index (χ1n) is 9.75. The molecule has 30 heavy (non-hydrogen) atoms. The highest BCUT2D eigenvalue weighted by Crippen LogP contribution is 2.22. The predicted octanol–water partition coefficient (Wildman–Crippen LogP) is 3.01. The lowest BCUT2D eigenvalue weighted by atomic mass is 10.1. The van der Waals surface area contributed by atoms with Gasteiger partial charge < -0.3 is 25.2 Å². The molecule has 1 amide bonds. The molecule has 2 rings (SSSR count). The molecule has 0 aliphatic carbocycles. The maximum atomic E-state index is 12.1. The Hall–Kier alpha value is -3.08. The molecule has 0 heterocycles. The predicted molar refractivity (Wildman–Crippen MR) is 116 cm³/mol. The van der Waals surface area contributed by atoms with Crippen LogP contribution in [0.4, 0.5) is 5.69 Å². The Labute approximate surface area is 177 Å².